The second kappa shape index (κ2) is 9.58. The van der Waals surface area contributed by atoms with Gasteiger partial charge in [0.05, 0.1) is 23.7 Å². The van der Waals surface area contributed by atoms with Gasteiger partial charge in [-0.25, -0.2) is 0 Å². The van der Waals surface area contributed by atoms with Crippen LogP contribution in [0.5, 0.6) is 11.5 Å². The van der Waals surface area contributed by atoms with E-state index in [1.807, 2.05) is 0 Å². The Hall–Kier alpha value is -3.98. The van der Waals surface area contributed by atoms with Crippen molar-refractivity contribution in [2.75, 3.05) is 12.0 Å². The van der Waals surface area contributed by atoms with Crippen molar-refractivity contribution in [3.63, 3.8) is 0 Å². The molecule has 4 rings (SSSR count). The van der Waals surface area contributed by atoms with Crippen molar-refractivity contribution < 1.29 is 37.3 Å². The van der Waals surface area contributed by atoms with Gasteiger partial charge in [0.15, 0.2) is 0 Å². The SMILES string of the molecule is COc1cc(/C(O)=C2\C(=O)C(=O)N(c3cccc(OC(F)(F)F)c3)C2c2cccc(C)c2)ccc1Cl. The van der Waals surface area contributed by atoms with Crippen LogP contribution < -0.4 is 14.4 Å². The Kier molecular flexibility index (Phi) is 6.69. The largest absolute Gasteiger partial charge is 0.573 e. The number of benzene rings is 3. The molecule has 0 bridgehead atoms. The van der Waals surface area contributed by atoms with E-state index >= 15 is 0 Å². The first-order valence-corrected chi connectivity index (χ1v) is 10.9. The van der Waals surface area contributed by atoms with Gasteiger partial charge in [0, 0.05) is 17.3 Å². The molecule has 186 valence electrons. The minimum Gasteiger partial charge on any atom is -0.507 e. The zero-order chi connectivity index (χ0) is 26.2. The van der Waals surface area contributed by atoms with Gasteiger partial charge in [0.2, 0.25) is 0 Å². The summed E-state index contributed by atoms with van der Waals surface area (Å²) in [6.07, 6.45) is -4.95. The highest BCUT2D eigenvalue weighted by atomic mass is 35.5. The number of anilines is 1. The summed E-state index contributed by atoms with van der Waals surface area (Å²) < 4.78 is 47.6. The lowest BCUT2D eigenvalue weighted by Gasteiger charge is -2.26. The van der Waals surface area contributed by atoms with Crippen molar-refractivity contribution in [3.05, 3.63) is 94.0 Å². The molecule has 10 heteroatoms. The van der Waals surface area contributed by atoms with Crippen LogP contribution in [0.2, 0.25) is 5.02 Å². The minimum atomic E-state index is -4.95. The minimum absolute atomic E-state index is 0.0157. The van der Waals surface area contributed by atoms with E-state index in [0.29, 0.717) is 5.56 Å². The van der Waals surface area contributed by atoms with E-state index in [1.54, 1.807) is 31.2 Å². The van der Waals surface area contributed by atoms with Crippen LogP contribution in [0.25, 0.3) is 5.76 Å². The third-order valence-corrected chi connectivity index (χ3v) is 5.87. The third-order valence-electron chi connectivity index (χ3n) is 5.56. The molecule has 36 heavy (non-hydrogen) atoms. The van der Waals surface area contributed by atoms with Crippen molar-refractivity contribution in [1.82, 2.24) is 0 Å². The van der Waals surface area contributed by atoms with E-state index < -0.39 is 35.6 Å². The van der Waals surface area contributed by atoms with Crippen LogP contribution in [0.3, 0.4) is 0 Å². The topological polar surface area (TPSA) is 76.1 Å². The number of rotatable bonds is 5. The van der Waals surface area contributed by atoms with Crippen LogP contribution in [0, 0.1) is 6.92 Å². The molecule has 1 fully saturated rings. The Balaban J connectivity index is 1.92. The molecular weight excluding hydrogens is 499 g/mol. The molecule has 1 N–H and O–H groups in total. The van der Waals surface area contributed by atoms with Gasteiger partial charge in [-0.1, -0.05) is 47.5 Å². The van der Waals surface area contributed by atoms with Gasteiger partial charge in [0.1, 0.15) is 17.3 Å². The van der Waals surface area contributed by atoms with Crippen molar-refractivity contribution in [3.8, 4) is 11.5 Å². The highest BCUT2D eigenvalue weighted by molar-refractivity contribution is 6.51. The summed E-state index contributed by atoms with van der Waals surface area (Å²) in [5, 5.41) is 11.5. The first-order valence-electron chi connectivity index (χ1n) is 10.6. The number of amides is 1. The molecule has 6 nitrogen and oxygen atoms in total. The van der Waals surface area contributed by atoms with Gasteiger partial charge < -0.3 is 14.6 Å². The van der Waals surface area contributed by atoms with Crippen molar-refractivity contribution in [1.29, 1.82) is 0 Å². The summed E-state index contributed by atoms with van der Waals surface area (Å²) in [6, 6.07) is 14.8. The Morgan fingerprint density at radius 1 is 1.03 bits per heavy atom. The lowest BCUT2D eigenvalue weighted by Crippen LogP contribution is -2.29. The lowest BCUT2D eigenvalue weighted by atomic mass is 9.94. The van der Waals surface area contributed by atoms with Crippen LogP contribution in [0.1, 0.15) is 22.7 Å². The fourth-order valence-corrected chi connectivity index (χ4v) is 4.24. The molecule has 1 amide bonds. The highest BCUT2D eigenvalue weighted by Gasteiger charge is 2.47. The number of alkyl halides is 3. The number of aliphatic hydroxyl groups is 1. The average Bonchev–Trinajstić information content (AvgIpc) is 3.08. The molecular formula is C26H19ClF3NO5. The first-order chi connectivity index (χ1) is 17.0. The first kappa shape index (κ1) is 25.1. The molecule has 1 atom stereocenters. The quantitative estimate of drug-likeness (QED) is 0.248. The second-order valence-corrected chi connectivity index (χ2v) is 8.38. The average molecular weight is 518 g/mol. The number of halogens is 4. The number of carbonyl (C=O) groups excluding carboxylic acids is 2. The molecule has 1 aliphatic heterocycles. The monoisotopic (exact) mass is 517 g/mol. The van der Waals surface area contributed by atoms with E-state index in [2.05, 4.69) is 4.74 Å². The van der Waals surface area contributed by atoms with Crippen LogP contribution >= 0.6 is 11.6 Å². The Bertz CT molecular complexity index is 1390. The summed E-state index contributed by atoms with van der Waals surface area (Å²) in [5.74, 6) is -2.84. The van der Waals surface area contributed by atoms with Crippen LogP contribution in [-0.2, 0) is 9.59 Å². The normalized spacial score (nSPS) is 17.4. The zero-order valence-corrected chi connectivity index (χ0v) is 19.7. The van der Waals surface area contributed by atoms with Gasteiger partial charge in [-0.3, -0.25) is 14.5 Å². The zero-order valence-electron chi connectivity index (χ0n) is 19.0. The standard InChI is InChI=1S/C26H19ClF3NO5/c1-14-5-3-6-15(11-14)22-21(23(32)16-9-10-19(27)20(12-16)35-2)24(33)25(34)31(22)17-7-4-8-18(13-17)36-26(28,29)30/h3-13,22,32H,1-2H3/b23-21+. The van der Waals surface area contributed by atoms with Crippen molar-refractivity contribution in [2.45, 2.75) is 19.3 Å². The number of hydrogen-bond acceptors (Lipinski definition) is 5. The van der Waals surface area contributed by atoms with Crippen LogP contribution in [-0.4, -0.2) is 30.3 Å². The van der Waals surface area contributed by atoms with E-state index in [4.69, 9.17) is 16.3 Å². The summed E-state index contributed by atoms with van der Waals surface area (Å²) in [6.45, 7) is 1.80. The maximum atomic E-state index is 13.2. The smallest absolute Gasteiger partial charge is 0.507 e. The second-order valence-electron chi connectivity index (χ2n) is 7.98. The third kappa shape index (κ3) is 4.87. The molecule has 1 aliphatic rings. The highest BCUT2D eigenvalue weighted by Crippen LogP contribution is 2.43. The summed E-state index contributed by atoms with van der Waals surface area (Å²) in [7, 11) is 1.38. The van der Waals surface area contributed by atoms with E-state index in [-0.39, 0.29) is 27.6 Å². The summed E-state index contributed by atoms with van der Waals surface area (Å²) in [5.41, 5.74) is 1.19. The van der Waals surface area contributed by atoms with Crippen molar-refractivity contribution >= 4 is 34.7 Å². The lowest BCUT2D eigenvalue weighted by molar-refractivity contribution is -0.274. The number of aryl methyl sites for hydroxylation is 1. The molecule has 0 spiro atoms. The summed E-state index contributed by atoms with van der Waals surface area (Å²) in [4.78, 5) is 27.5. The molecule has 3 aromatic rings. The van der Waals surface area contributed by atoms with E-state index in [0.717, 1.165) is 22.6 Å². The van der Waals surface area contributed by atoms with Gasteiger partial charge in [-0.05, 0) is 42.8 Å². The molecule has 3 aromatic carbocycles. The Morgan fingerprint density at radius 2 is 1.75 bits per heavy atom. The Morgan fingerprint density at radius 3 is 2.42 bits per heavy atom. The molecule has 1 unspecified atom stereocenters. The van der Waals surface area contributed by atoms with E-state index in [1.165, 1.54) is 37.4 Å². The maximum Gasteiger partial charge on any atom is 0.573 e. The van der Waals surface area contributed by atoms with Gasteiger partial charge in [0.25, 0.3) is 11.7 Å². The summed E-state index contributed by atoms with van der Waals surface area (Å²) >= 11 is 6.07. The van der Waals surface area contributed by atoms with Crippen LogP contribution in [0.4, 0.5) is 18.9 Å². The number of aliphatic hydroxyl groups excluding tert-OH is 1. The predicted octanol–water partition coefficient (Wildman–Crippen LogP) is 6.18. The van der Waals surface area contributed by atoms with Crippen molar-refractivity contribution in [2.24, 2.45) is 0 Å². The molecule has 0 saturated carbocycles. The Labute approximate surface area is 209 Å². The fourth-order valence-electron chi connectivity index (χ4n) is 4.05. The number of hydrogen-bond donors (Lipinski definition) is 1. The van der Waals surface area contributed by atoms with Gasteiger partial charge >= 0.3 is 6.36 Å². The van der Waals surface area contributed by atoms with E-state index in [9.17, 15) is 27.9 Å². The van der Waals surface area contributed by atoms with Gasteiger partial charge in [-0.15, -0.1) is 13.2 Å². The molecule has 0 aliphatic carbocycles. The molecule has 1 heterocycles. The number of ketones is 1. The van der Waals surface area contributed by atoms with Crippen LogP contribution in [0.15, 0.2) is 72.3 Å². The maximum absolute atomic E-state index is 13.2. The number of Topliss-reactive ketones (excluding diaryl/α,β-unsaturated/α-hetero) is 1. The fraction of sp³-hybridized carbons (Fsp3) is 0.154. The molecule has 1 saturated heterocycles. The number of carbonyl (C=O) groups is 2. The number of ether oxygens (including phenoxy) is 2. The number of methoxy groups -OCH3 is 1. The molecule has 0 aromatic heterocycles. The molecule has 0 radical (unpaired) electrons. The number of nitrogens with zero attached hydrogens (tertiary/aromatic N) is 1. The predicted molar refractivity (Wildman–Crippen MR) is 127 cm³/mol. The van der Waals surface area contributed by atoms with Gasteiger partial charge in [-0.2, -0.15) is 0 Å².